The van der Waals surface area contributed by atoms with Gasteiger partial charge in [-0.1, -0.05) is 24.6 Å². The molecule has 1 atom stereocenters. The Morgan fingerprint density at radius 3 is 2.56 bits per heavy atom. The quantitative estimate of drug-likeness (QED) is 0.692. The maximum Gasteiger partial charge on any atom is 0.127 e. The summed E-state index contributed by atoms with van der Waals surface area (Å²) in [6.07, 6.45) is 2.80. The van der Waals surface area contributed by atoms with Crippen LogP contribution in [0.3, 0.4) is 0 Å². The van der Waals surface area contributed by atoms with Gasteiger partial charge in [-0.2, -0.15) is 0 Å². The predicted molar refractivity (Wildman–Crippen MR) is 73.2 cm³/mol. The Kier molecular flexibility index (Phi) is 2.47. The third kappa shape index (κ3) is 1.56. The predicted octanol–water partition coefficient (Wildman–Crippen LogP) is 3.68. The highest BCUT2D eigenvalue weighted by Crippen LogP contribution is 2.44. The largest absolute Gasteiger partial charge is 0.507 e. The Bertz CT molecular complexity index is 629. The van der Waals surface area contributed by atoms with E-state index in [1.807, 2.05) is 25.1 Å². The summed E-state index contributed by atoms with van der Waals surface area (Å²) in [4.78, 5) is 0. The molecule has 1 aliphatic rings. The van der Waals surface area contributed by atoms with E-state index in [-0.39, 0.29) is 0 Å². The van der Waals surface area contributed by atoms with Crippen LogP contribution in [-0.4, -0.2) is 10.2 Å². The molecule has 2 aromatic rings. The first kappa shape index (κ1) is 11.4. The van der Waals surface area contributed by atoms with E-state index in [4.69, 9.17) is 0 Å². The van der Waals surface area contributed by atoms with Crippen LogP contribution in [0.15, 0.2) is 18.2 Å². The van der Waals surface area contributed by atoms with E-state index in [2.05, 4.69) is 6.92 Å². The van der Waals surface area contributed by atoms with Gasteiger partial charge in [-0.15, -0.1) is 0 Å². The molecule has 0 aliphatic heterocycles. The Morgan fingerprint density at radius 1 is 1.06 bits per heavy atom. The summed E-state index contributed by atoms with van der Waals surface area (Å²) < 4.78 is 0. The summed E-state index contributed by atoms with van der Waals surface area (Å²) in [5.41, 5.74) is 2.99. The molecular formula is C16H18O2. The van der Waals surface area contributed by atoms with E-state index in [9.17, 15) is 10.2 Å². The highest BCUT2D eigenvalue weighted by atomic mass is 16.3. The van der Waals surface area contributed by atoms with Crippen molar-refractivity contribution in [3.8, 4) is 11.5 Å². The van der Waals surface area contributed by atoms with Crippen molar-refractivity contribution in [2.24, 2.45) is 5.92 Å². The maximum absolute atomic E-state index is 10.5. The van der Waals surface area contributed by atoms with Crippen LogP contribution < -0.4 is 0 Å². The van der Waals surface area contributed by atoms with E-state index >= 15 is 0 Å². The van der Waals surface area contributed by atoms with E-state index in [0.717, 1.165) is 46.7 Å². The van der Waals surface area contributed by atoms with E-state index in [1.165, 1.54) is 0 Å². The third-order valence-electron chi connectivity index (χ3n) is 4.06. The Labute approximate surface area is 107 Å². The van der Waals surface area contributed by atoms with Crippen molar-refractivity contribution in [1.29, 1.82) is 0 Å². The average Bonchev–Trinajstić information content (AvgIpc) is 2.35. The minimum atomic E-state index is 0.365. The number of hydrogen-bond acceptors (Lipinski definition) is 2. The van der Waals surface area contributed by atoms with Gasteiger partial charge in [-0.25, -0.2) is 0 Å². The molecule has 0 aromatic heterocycles. The van der Waals surface area contributed by atoms with Gasteiger partial charge < -0.3 is 10.2 Å². The smallest absolute Gasteiger partial charge is 0.127 e. The molecule has 3 rings (SSSR count). The van der Waals surface area contributed by atoms with Gasteiger partial charge in [0.25, 0.3) is 0 Å². The minimum Gasteiger partial charge on any atom is -0.507 e. The van der Waals surface area contributed by atoms with Gasteiger partial charge in [0.1, 0.15) is 11.5 Å². The molecule has 0 saturated heterocycles. The zero-order valence-electron chi connectivity index (χ0n) is 10.8. The van der Waals surface area contributed by atoms with Crippen molar-refractivity contribution in [2.75, 3.05) is 0 Å². The van der Waals surface area contributed by atoms with Gasteiger partial charge in [-0.05, 0) is 38.2 Å². The number of rotatable bonds is 0. The van der Waals surface area contributed by atoms with Crippen LogP contribution >= 0.6 is 0 Å². The standard InChI is InChI=1S/C16H18O2/c1-9-3-5-11-13(7-9)16(18)14-8-10(2)4-6-12(14)15(11)17/h3,5,7,10,17-18H,4,6,8H2,1-2H3. The number of benzene rings is 2. The molecule has 0 radical (unpaired) electrons. The van der Waals surface area contributed by atoms with Crippen LogP contribution in [0.4, 0.5) is 0 Å². The van der Waals surface area contributed by atoms with E-state index in [1.54, 1.807) is 0 Å². The Balaban J connectivity index is 2.37. The van der Waals surface area contributed by atoms with Crippen molar-refractivity contribution in [1.82, 2.24) is 0 Å². The molecule has 2 nitrogen and oxygen atoms in total. The number of aromatic hydroxyl groups is 2. The Morgan fingerprint density at radius 2 is 1.78 bits per heavy atom. The monoisotopic (exact) mass is 242 g/mol. The second kappa shape index (κ2) is 3.91. The van der Waals surface area contributed by atoms with Crippen LogP contribution in [0.1, 0.15) is 30.0 Å². The maximum atomic E-state index is 10.5. The number of fused-ring (bicyclic) bond motifs is 2. The second-order valence-electron chi connectivity index (χ2n) is 5.55. The normalized spacial score (nSPS) is 18.9. The van der Waals surface area contributed by atoms with Gasteiger partial charge in [0, 0.05) is 21.9 Å². The van der Waals surface area contributed by atoms with Gasteiger partial charge >= 0.3 is 0 Å². The molecule has 1 unspecified atom stereocenters. The van der Waals surface area contributed by atoms with Crippen molar-refractivity contribution >= 4 is 10.8 Å². The van der Waals surface area contributed by atoms with Crippen LogP contribution in [0.5, 0.6) is 11.5 Å². The first-order chi connectivity index (χ1) is 8.58. The zero-order valence-corrected chi connectivity index (χ0v) is 10.8. The van der Waals surface area contributed by atoms with Crippen LogP contribution in [0, 0.1) is 12.8 Å². The summed E-state index contributed by atoms with van der Waals surface area (Å²) in [7, 11) is 0. The lowest BCUT2D eigenvalue weighted by Crippen LogP contribution is -2.12. The molecule has 0 spiro atoms. The fraction of sp³-hybridized carbons (Fsp3) is 0.375. The van der Waals surface area contributed by atoms with Gasteiger partial charge in [0.15, 0.2) is 0 Å². The SMILES string of the molecule is Cc1ccc2c(O)c3c(c(O)c2c1)CC(C)CC3. The van der Waals surface area contributed by atoms with Crippen LogP contribution in [0.2, 0.25) is 0 Å². The second-order valence-corrected chi connectivity index (χ2v) is 5.55. The third-order valence-corrected chi connectivity index (χ3v) is 4.06. The first-order valence-corrected chi connectivity index (χ1v) is 6.54. The molecule has 2 heteroatoms. The van der Waals surface area contributed by atoms with Gasteiger partial charge in [-0.3, -0.25) is 0 Å². The average molecular weight is 242 g/mol. The van der Waals surface area contributed by atoms with Gasteiger partial charge in [0.05, 0.1) is 0 Å². The van der Waals surface area contributed by atoms with Crippen molar-refractivity contribution in [3.05, 3.63) is 34.9 Å². The van der Waals surface area contributed by atoms with Crippen LogP contribution in [0.25, 0.3) is 10.8 Å². The summed E-state index contributed by atoms with van der Waals surface area (Å²) in [5.74, 6) is 1.31. The van der Waals surface area contributed by atoms with Crippen molar-refractivity contribution < 1.29 is 10.2 Å². The molecule has 0 saturated carbocycles. The highest BCUT2D eigenvalue weighted by molar-refractivity contribution is 5.96. The molecule has 0 heterocycles. The molecule has 1 aliphatic carbocycles. The lowest BCUT2D eigenvalue weighted by molar-refractivity contribution is 0.424. The number of phenolic OH excluding ortho intramolecular Hbond substituents is 2. The molecule has 94 valence electrons. The lowest BCUT2D eigenvalue weighted by atomic mass is 9.82. The summed E-state index contributed by atoms with van der Waals surface area (Å²) in [6.45, 7) is 4.19. The summed E-state index contributed by atoms with van der Waals surface area (Å²) in [6, 6.07) is 5.82. The molecule has 0 bridgehead atoms. The highest BCUT2D eigenvalue weighted by Gasteiger charge is 2.24. The van der Waals surface area contributed by atoms with E-state index < -0.39 is 0 Å². The fourth-order valence-corrected chi connectivity index (χ4v) is 3.00. The van der Waals surface area contributed by atoms with E-state index in [0.29, 0.717) is 17.4 Å². The van der Waals surface area contributed by atoms with Crippen molar-refractivity contribution in [3.63, 3.8) is 0 Å². The van der Waals surface area contributed by atoms with Crippen LogP contribution in [-0.2, 0) is 12.8 Å². The first-order valence-electron chi connectivity index (χ1n) is 6.54. The zero-order chi connectivity index (χ0) is 12.9. The topological polar surface area (TPSA) is 40.5 Å². The number of hydrogen-bond donors (Lipinski definition) is 2. The lowest BCUT2D eigenvalue weighted by Gasteiger charge is -2.24. The Hall–Kier alpha value is -1.70. The summed E-state index contributed by atoms with van der Waals surface area (Å²) in [5, 5.41) is 22.4. The number of aryl methyl sites for hydroxylation is 1. The van der Waals surface area contributed by atoms with Crippen molar-refractivity contribution in [2.45, 2.75) is 33.1 Å². The molecule has 0 amide bonds. The number of phenols is 2. The molecule has 2 aromatic carbocycles. The molecule has 0 fully saturated rings. The molecule has 2 N–H and O–H groups in total. The molecule has 18 heavy (non-hydrogen) atoms. The van der Waals surface area contributed by atoms with Gasteiger partial charge in [0.2, 0.25) is 0 Å². The summed E-state index contributed by atoms with van der Waals surface area (Å²) >= 11 is 0. The molecular weight excluding hydrogens is 224 g/mol. The minimum absolute atomic E-state index is 0.365. The fourth-order valence-electron chi connectivity index (χ4n) is 3.00.